The highest BCUT2D eigenvalue weighted by Gasteiger charge is 2.26. The van der Waals surface area contributed by atoms with Gasteiger partial charge >= 0.3 is 0 Å². The van der Waals surface area contributed by atoms with Crippen LogP contribution < -0.4 is 0 Å². The largest absolute Gasteiger partial charge is 0.396 e. The van der Waals surface area contributed by atoms with Crippen LogP contribution in [0.2, 0.25) is 0 Å². The summed E-state index contributed by atoms with van der Waals surface area (Å²) in [6, 6.07) is 8.77. The Morgan fingerprint density at radius 2 is 1.71 bits per heavy atom. The Bertz CT molecular complexity index is 482. The molecule has 0 aliphatic rings. The molecule has 0 heterocycles. The molecule has 1 unspecified atom stereocenters. The molecular weight excluding hydrogens is 284 g/mol. The van der Waals surface area contributed by atoms with Gasteiger partial charge in [-0.25, -0.2) is 8.42 Å². The van der Waals surface area contributed by atoms with E-state index in [2.05, 4.69) is 6.92 Å². The molecule has 3 nitrogen and oxygen atoms in total. The van der Waals surface area contributed by atoms with E-state index in [1.807, 2.05) is 13.0 Å². The summed E-state index contributed by atoms with van der Waals surface area (Å²) in [5.41, 5.74) is 0. The lowest BCUT2D eigenvalue weighted by Crippen LogP contribution is -2.22. The lowest BCUT2D eigenvalue weighted by molar-refractivity contribution is 0.270. The first kappa shape index (κ1) is 18.2. The molecule has 0 spiro atoms. The number of hydrogen-bond donors (Lipinski definition) is 1. The van der Waals surface area contributed by atoms with E-state index in [9.17, 15) is 8.42 Å². The minimum atomic E-state index is -3.23. The van der Waals surface area contributed by atoms with Crippen LogP contribution >= 0.6 is 0 Å². The molecule has 0 saturated heterocycles. The van der Waals surface area contributed by atoms with Crippen LogP contribution in [0.25, 0.3) is 0 Å². The molecule has 0 radical (unpaired) electrons. The average Bonchev–Trinajstić information content (AvgIpc) is 2.50. The van der Waals surface area contributed by atoms with Crippen molar-refractivity contribution in [2.24, 2.45) is 5.92 Å². The summed E-state index contributed by atoms with van der Waals surface area (Å²) in [4.78, 5) is 0.437. The summed E-state index contributed by atoms with van der Waals surface area (Å²) in [5.74, 6) is 0.461. The van der Waals surface area contributed by atoms with E-state index in [4.69, 9.17) is 5.11 Å². The molecule has 1 aromatic carbocycles. The van der Waals surface area contributed by atoms with Gasteiger partial charge in [-0.1, -0.05) is 38.5 Å². The maximum Gasteiger partial charge on any atom is 0.181 e. The van der Waals surface area contributed by atoms with E-state index in [1.54, 1.807) is 24.3 Å². The molecule has 1 aromatic rings. The van der Waals surface area contributed by atoms with Crippen LogP contribution in [-0.2, 0) is 9.84 Å². The third-order valence-electron chi connectivity index (χ3n) is 3.96. The summed E-state index contributed by atoms with van der Waals surface area (Å²) >= 11 is 0. The third-order valence-corrected chi connectivity index (χ3v) is 6.24. The van der Waals surface area contributed by atoms with Crippen molar-refractivity contribution in [3.63, 3.8) is 0 Å². The fourth-order valence-electron chi connectivity index (χ4n) is 2.63. The summed E-state index contributed by atoms with van der Waals surface area (Å²) in [6.07, 6.45) is 4.95. The van der Waals surface area contributed by atoms with Gasteiger partial charge in [-0.3, -0.25) is 0 Å². The number of sulfone groups is 1. The van der Waals surface area contributed by atoms with Crippen LogP contribution in [0.4, 0.5) is 0 Å². The molecule has 21 heavy (non-hydrogen) atoms. The summed E-state index contributed by atoms with van der Waals surface area (Å²) < 4.78 is 25.4. The quantitative estimate of drug-likeness (QED) is 0.714. The van der Waals surface area contributed by atoms with Crippen molar-refractivity contribution >= 4 is 9.84 Å². The number of aliphatic hydroxyl groups excluding tert-OH is 1. The monoisotopic (exact) mass is 312 g/mol. The number of hydrogen-bond acceptors (Lipinski definition) is 3. The summed E-state index contributed by atoms with van der Waals surface area (Å²) in [5, 5.41) is 8.57. The second kappa shape index (κ2) is 9.21. The van der Waals surface area contributed by atoms with Crippen LogP contribution in [-0.4, -0.2) is 25.4 Å². The van der Waals surface area contributed by atoms with Crippen LogP contribution in [0.1, 0.15) is 52.4 Å². The zero-order chi connectivity index (χ0) is 15.7. The van der Waals surface area contributed by atoms with Gasteiger partial charge in [0.1, 0.15) is 0 Å². The Morgan fingerprint density at radius 3 is 2.29 bits per heavy atom. The molecule has 0 bridgehead atoms. The van der Waals surface area contributed by atoms with Crippen LogP contribution in [0.15, 0.2) is 35.2 Å². The Hall–Kier alpha value is -0.870. The van der Waals surface area contributed by atoms with Crippen molar-refractivity contribution in [3.05, 3.63) is 30.3 Å². The van der Waals surface area contributed by atoms with Crippen LogP contribution in [0, 0.1) is 5.92 Å². The first-order valence-corrected chi connectivity index (χ1v) is 9.46. The van der Waals surface area contributed by atoms with Gasteiger partial charge in [0, 0.05) is 6.61 Å². The normalized spacial score (nSPS) is 14.8. The number of benzene rings is 1. The molecule has 0 saturated carbocycles. The predicted octanol–water partition coefficient (Wildman–Crippen LogP) is 3.82. The fourth-order valence-corrected chi connectivity index (χ4v) is 4.55. The van der Waals surface area contributed by atoms with Crippen molar-refractivity contribution in [3.8, 4) is 0 Å². The number of aliphatic hydroxyl groups is 1. The molecule has 120 valence electrons. The molecule has 0 aliphatic carbocycles. The lowest BCUT2D eigenvalue weighted by atomic mass is 9.98. The van der Waals surface area contributed by atoms with Crippen LogP contribution in [0.3, 0.4) is 0 Å². The fraction of sp³-hybridized carbons (Fsp3) is 0.647. The highest BCUT2D eigenvalue weighted by molar-refractivity contribution is 7.92. The van der Waals surface area contributed by atoms with Gasteiger partial charge in [-0.15, -0.1) is 0 Å². The Labute approximate surface area is 129 Å². The average molecular weight is 312 g/mol. The zero-order valence-corrected chi connectivity index (χ0v) is 14.0. The smallest absolute Gasteiger partial charge is 0.181 e. The lowest BCUT2D eigenvalue weighted by Gasteiger charge is -2.19. The van der Waals surface area contributed by atoms with Crippen molar-refractivity contribution in [2.75, 3.05) is 6.61 Å². The van der Waals surface area contributed by atoms with Gasteiger partial charge in [0.15, 0.2) is 9.84 Å². The van der Waals surface area contributed by atoms with E-state index in [-0.39, 0.29) is 11.9 Å². The van der Waals surface area contributed by atoms with Gasteiger partial charge in [0.05, 0.1) is 10.1 Å². The molecule has 0 aromatic heterocycles. The Morgan fingerprint density at radius 1 is 1.05 bits per heavy atom. The van der Waals surface area contributed by atoms with Gasteiger partial charge in [0.25, 0.3) is 0 Å². The second-order valence-electron chi connectivity index (χ2n) is 5.82. The van der Waals surface area contributed by atoms with Crippen molar-refractivity contribution in [2.45, 2.75) is 62.5 Å². The SMILES string of the molecule is CCCC(CC[C@H](C)CCCO)S(=O)(=O)c1ccccc1. The molecule has 0 amide bonds. The molecule has 4 heteroatoms. The second-order valence-corrected chi connectivity index (χ2v) is 8.05. The standard InChI is InChI=1S/C17H28O3S/c1-3-8-16(13-12-15(2)9-7-14-18)21(19,20)17-10-5-4-6-11-17/h4-6,10-11,15-16,18H,3,7-9,12-14H2,1-2H3/t15-,16?/m1/s1. The summed E-state index contributed by atoms with van der Waals surface area (Å²) in [7, 11) is -3.23. The molecule has 0 aliphatic heterocycles. The van der Waals surface area contributed by atoms with Gasteiger partial charge in [-0.05, 0) is 50.2 Å². The van der Waals surface area contributed by atoms with Crippen molar-refractivity contribution in [1.82, 2.24) is 0 Å². The maximum absolute atomic E-state index is 12.7. The van der Waals surface area contributed by atoms with E-state index >= 15 is 0 Å². The van der Waals surface area contributed by atoms with Crippen LogP contribution in [0.5, 0.6) is 0 Å². The minimum absolute atomic E-state index is 0.213. The Balaban J connectivity index is 2.72. The van der Waals surface area contributed by atoms with Crippen molar-refractivity contribution < 1.29 is 13.5 Å². The first-order chi connectivity index (χ1) is 10.0. The number of rotatable bonds is 10. The van der Waals surface area contributed by atoms with Gasteiger partial charge in [0.2, 0.25) is 0 Å². The van der Waals surface area contributed by atoms with Gasteiger partial charge in [-0.2, -0.15) is 0 Å². The zero-order valence-electron chi connectivity index (χ0n) is 13.2. The van der Waals surface area contributed by atoms with E-state index in [0.29, 0.717) is 23.7 Å². The predicted molar refractivity (Wildman–Crippen MR) is 87.0 cm³/mol. The highest BCUT2D eigenvalue weighted by atomic mass is 32.2. The van der Waals surface area contributed by atoms with Gasteiger partial charge < -0.3 is 5.11 Å². The molecule has 1 rings (SSSR count). The first-order valence-electron chi connectivity index (χ1n) is 7.92. The molecule has 1 N–H and O–H groups in total. The molecule has 2 atom stereocenters. The molecular formula is C17H28O3S. The molecule has 0 fully saturated rings. The van der Waals surface area contributed by atoms with Crippen molar-refractivity contribution in [1.29, 1.82) is 0 Å². The highest BCUT2D eigenvalue weighted by Crippen LogP contribution is 2.25. The van der Waals surface area contributed by atoms with E-state index in [0.717, 1.165) is 25.7 Å². The minimum Gasteiger partial charge on any atom is -0.396 e. The topological polar surface area (TPSA) is 54.4 Å². The maximum atomic E-state index is 12.7. The third kappa shape index (κ3) is 5.79. The summed E-state index contributed by atoms with van der Waals surface area (Å²) in [6.45, 7) is 4.38. The van der Waals surface area contributed by atoms with E-state index < -0.39 is 9.84 Å². The van der Waals surface area contributed by atoms with E-state index in [1.165, 1.54) is 0 Å². The Kier molecular flexibility index (Phi) is 7.97.